The number of carbonyl (C=O) groups is 1. The molecular weight excluding hydrogens is 391 g/mol. The van der Waals surface area contributed by atoms with E-state index in [1.165, 1.54) is 12.1 Å². The highest BCUT2D eigenvalue weighted by atomic mass is 32.2. The maximum Gasteiger partial charge on any atom is 0.416 e. The fraction of sp³-hybridized carbons (Fsp3) is 0.211. The Bertz CT molecular complexity index is 969. The number of nitrogens with zero attached hydrogens (tertiary/aromatic N) is 2. The van der Waals surface area contributed by atoms with Crippen molar-refractivity contribution in [2.24, 2.45) is 0 Å². The quantitative estimate of drug-likeness (QED) is 0.565. The predicted molar refractivity (Wildman–Crippen MR) is 100 cm³/mol. The number of amides is 1. The maximum atomic E-state index is 12.6. The zero-order valence-corrected chi connectivity index (χ0v) is 15.8. The molecule has 146 valence electrons. The van der Waals surface area contributed by atoms with E-state index in [4.69, 9.17) is 4.42 Å². The number of thioether (sulfide) groups is 1. The molecule has 28 heavy (non-hydrogen) atoms. The molecule has 0 unspecified atom stereocenters. The Morgan fingerprint density at radius 3 is 2.46 bits per heavy atom. The molecule has 0 aliphatic rings. The molecule has 1 aromatic heterocycles. The first-order chi connectivity index (χ1) is 13.2. The van der Waals surface area contributed by atoms with Crippen molar-refractivity contribution in [2.45, 2.75) is 30.2 Å². The monoisotopic (exact) mass is 407 g/mol. The summed E-state index contributed by atoms with van der Waals surface area (Å²) in [5.74, 6) is -0.415. The van der Waals surface area contributed by atoms with Crippen LogP contribution in [0, 0.1) is 0 Å². The van der Waals surface area contributed by atoms with Crippen LogP contribution in [0.4, 0.5) is 19.2 Å². The third-order valence-electron chi connectivity index (χ3n) is 3.57. The van der Waals surface area contributed by atoms with Crippen molar-refractivity contribution in [1.29, 1.82) is 0 Å². The molecule has 0 fully saturated rings. The van der Waals surface area contributed by atoms with Crippen molar-refractivity contribution in [3.05, 3.63) is 59.7 Å². The molecule has 0 aliphatic carbocycles. The summed E-state index contributed by atoms with van der Waals surface area (Å²) in [6, 6.07) is 11.3. The van der Waals surface area contributed by atoms with E-state index < -0.39 is 17.6 Å². The second kappa shape index (κ2) is 8.05. The summed E-state index contributed by atoms with van der Waals surface area (Å²) in [7, 11) is 0. The number of halogens is 3. The van der Waals surface area contributed by atoms with Gasteiger partial charge in [0, 0.05) is 21.3 Å². The van der Waals surface area contributed by atoms with E-state index in [0.29, 0.717) is 16.4 Å². The van der Waals surface area contributed by atoms with Crippen LogP contribution in [0.1, 0.15) is 29.8 Å². The topological polar surface area (TPSA) is 68.0 Å². The van der Waals surface area contributed by atoms with Crippen LogP contribution in [-0.4, -0.2) is 21.4 Å². The molecule has 1 N–H and O–H groups in total. The summed E-state index contributed by atoms with van der Waals surface area (Å²) >= 11 is 1.63. The van der Waals surface area contributed by atoms with Crippen LogP contribution in [0.2, 0.25) is 0 Å². The average molecular weight is 407 g/mol. The van der Waals surface area contributed by atoms with Gasteiger partial charge in [-0.05, 0) is 42.5 Å². The van der Waals surface area contributed by atoms with E-state index in [1.54, 1.807) is 30.0 Å². The zero-order valence-electron chi connectivity index (χ0n) is 14.9. The maximum absolute atomic E-state index is 12.6. The Labute approximate surface area is 163 Å². The lowest BCUT2D eigenvalue weighted by Gasteiger charge is -2.06. The number of hydrogen-bond acceptors (Lipinski definition) is 5. The van der Waals surface area contributed by atoms with Gasteiger partial charge >= 0.3 is 12.2 Å². The van der Waals surface area contributed by atoms with Gasteiger partial charge in [0.05, 0.1) is 5.56 Å². The first-order valence-electron chi connectivity index (χ1n) is 8.31. The van der Waals surface area contributed by atoms with Gasteiger partial charge in [0.15, 0.2) is 0 Å². The summed E-state index contributed by atoms with van der Waals surface area (Å²) in [6.45, 7) is 4.11. The summed E-state index contributed by atoms with van der Waals surface area (Å²) in [5, 5.41) is 10.4. The molecule has 0 spiro atoms. The van der Waals surface area contributed by atoms with Gasteiger partial charge < -0.3 is 4.42 Å². The van der Waals surface area contributed by atoms with E-state index in [-0.39, 0.29) is 11.9 Å². The number of hydrogen-bond donors (Lipinski definition) is 1. The molecule has 0 radical (unpaired) electrons. The number of aromatic nitrogens is 2. The fourth-order valence-electron chi connectivity index (χ4n) is 2.34. The molecular formula is C19H16F3N3O2S. The molecule has 3 aromatic rings. The highest BCUT2D eigenvalue weighted by molar-refractivity contribution is 7.99. The number of alkyl halides is 3. The molecule has 1 heterocycles. The summed E-state index contributed by atoms with van der Waals surface area (Å²) in [4.78, 5) is 13.3. The molecule has 0 atom stereocenters. The minimum absolute atomic E-state index is 0.00754. The van der Waals surface area contributed by atoms with Crippen LogP contribution in [0.25, 0.3) is 11.5 Å². The minimum Gasteiger partial charge on any atom is -0.403 e. The Morgan fingerprint density at radius 1 is 1.11 bits per heavy atom. The molecule has 0 bridgehead atoms. The largest absolute Gasteiger partial charge is 0.416 e. The van der Waals surface area contributed by atoms with E-state index in [1.807, 2.05) is 6.07 Å². The minimum atomic E-state index is -4.42. The Balaban J connectivity index is 1.71. The molecule has 1 amide bonds. The molecule has 9 heteroatoms. The second-order valence-electron chi connectivity index (χ2n) is 6.14. The van der Waals surface area contributed by atoms with Crippen molar-refractivity contribution < 1.29 is 22.4 Å². The van der Waals surface area contributed by atoms with Gasteiger partial charge in [-0.1, -0.05) is 25.0 Å². The van der Waals surface area contributed by atoms with Gasteiger partial charge in [0.25, 0.3) is 5.91 Å². The van der Waals surface area contributed by atoms with Gasteiger partial charge in [-0.15, -0.1) is 16.9 Å². The number of anilines is 1. The third kappa shape index (κ3) is 4.92. The number of nitrogens with one attached hydrogen (secondary N) is 1. The summed E-state index contributed by atoms with van der Waals surface area (Å²) in [5.41, 5.74) is -0.0281. The van der Waals surface area contributed by atoms with Crippen LogP contribution in [0.5, 0.6) is 0 Å². The van der Waals surface area contributed by atoms with Gasteiger partial charge in [-0.3, -0.25) is 10.1 Å². The zero-order chi connectivity index (χ0) is 20.3. The van der Waals surface area contributed by atoms with Crippen LogP contribution in [0.3, 0.4) is 0 Å². The molecule has 0 saturated carbocycles. The van der Waals surface area contributed by atoms with Crippen molar-refractivity contribution in [3.8, 4) is 11.5 Å². The lowest BCUT2D eigenvalue weighted by atomic mass is 10.1. The first kappa shape index (κ1) is 19.9. The normalized spacial score (nSPS) is 11.6. The number of carbonyl (C=O) groups excluding carboxylic acids is 1. The van der Waals surface area contributed by atoms with Crippen molar-refractivity contribution in [3.63, 3.8) is 0 Å². The standard InChI is InChI=1S/C19H16F3N3O2S/c1-11(2)28-15-5-3-4-13(10-15)16(26)23-18-25-24-17(27-18)12-6-8-14(9-7-12)19(20,21)22/h3-11H,1-2H3,(H,23,25,26). The van der Waals surface area contributed by atoms with E-state index >= 15 is 0 Å². The fourth-order valence-corrected chi connectivity index (χ4v) is 3.24. The second-order valence-corrected chi connectivity index (χ2v) is 7.79. The molecule has 2 aromatic carbocycles. The van der Waals surface area contributed by atoms with Crippen molar-refractivity contribution in [1.82, 2.24) is 10.2 Å². The predicted octanol–water partition coefficient (Wildman–Crippen LogP) is 5.51. The molecule has 5 nitrogen and oxygen atoms in total. The Kier molecular flexibility index (Phi) is 5.73. The number of benzene rings is 2. The van der Waals surface area contributed by atoms with Crippen LogP contribution in [0.15, 0.2) is 57.8 Å². The molecule has 3 rings (SSSR count). The van der Waals surface area contributed by atoms with Gasteiger partial charge in [-0.25, -0.2) is 0 Å². The average Bonchev–Trinajstić information content (AvgIpc) is 3.09. The smallest absolute Gasteiger partial charge is 0.403 e. The lowest BCUT2D eigenvalue weighted by molar-refractivity contribution is -0.137. The van der Waals surface area contributed by atoms with Gasteiger partial charge in [0.1, 0.15) is 0 Å². The van der Waals surface area contributed by atoms with Crippen LogP contribution < -0.4 is 5.32 Å². The van der Waals surface area contributed by atoms with E-state index in [9.17, 15) is 18.0 Å². The van der Waals surface area contributed by atoms with Crippen LogP contribution in [-0.2, 0) is 6.18 Å². The van der Waals surface area contributed by atoms with E-state index in [0.717, 1.165) is 17.0 Å². The van der Waals surface area contributed by atoms with Crippen molar-refractivity contribution >= 4 is 23.7 Å². The Hall–Kier alpha value is -2.81. The van der Waals surface area contributed by atoms with Gasteiger partial charge in [0.2, 0.25) is 5.89 Å². The van der Waals surface area contributed by atoms with E-state index in [2.05, 4.69) is 29.4 Å². The molecule has 0 saturated heterocycles. The Morgan fingerprint density at radius 2 is 1.82 bits per heavy atom. The SMILES string of the molecule is CC(C)Sc1cccc(C(=O)Nc2nnc(-c3ccc(C(F)(F)F)cc3)o2)c1. The first-order valence-corrected chi connectivity index (χ1v) is 9.19. The van der Waals surface area contributed by atoms with Crippen molar-refractivity contribution in [2.75, 3.05) is 5.32 Å². The molecule has 0 aliphatic heterocycles. The summed E-state index contributed by atoms with van der Waals surface area (Å²) < 4.78 is 43.2. The highest BCUT2D eigenvalue weighted by Gasteiger charge is 2.30. The van der Waals surface area contributed by atoms with Crippen LogP contribution >= 0.6 is 11.8 Å². The number of rotatable bonds is 5. The third-order valence-corrected chi connectivity index (χ3v) is 4.57. The highest BCUT2D eigenvalue weighted by Crippen LogP contribution is 2.31. The lowest BCUT2D eigenvalue weighted by Crippen LogP contribution is -2.12. The summed E-state index contributed by atoms with van der Waals surface area (Å²) in [6.07, 6.45) is -4.42. The van der Waals surface area contributed by atoms with Gasteiger partial charge in [-0.2, -0.15) is 13.2 Å².